The summed E-state index contributed by atoms with van der Waals surface area (Å²) in [6, 6.07) is 0. The van der Waals surface area contributed by atoms with Crippen LogP contribution in [0.15, 0.2) is 0 Å². The number of carbonyl (C=O) groups is 7. The summed E-state index contributed by atoms with van der Waals surface area (Å²) in [7, 11) is 0. The first-order valence-corrected chi connectivity index (χ1v) is 10.1. The second-order valence-corrected chi connectivity index (χ2v) is 5.92. The molecule has 0 aromatic carbocycles. The number of carbonyl (C=O) groups excluding carboxylic acids is 7. The highest BCUT2D eigenvalue weighted by Crippen LogP contribution is 1.91. The lowest BCUT2D eigenvalue weighted by molar-refractivity contribution is -0.167. The molecule has 0 rings (SSSR count). The number of rotatable bonds is 14. The first-order valence-electron chi connectivity index (χ1n) is 10.1. The highest BCUT2D eigenvalue weighted by Gasteiger charge is 2.12. The van der Waals surface area contributed by atoms with Gasteiger partial charge in [-0.05, 0) is 13.3 Å². The smallest absolute Gasteiger partial charge is 0.344 e. The van der Waals surface area contributed by atoms with Crippen molar-refractivity contribution in [3.05, 3.63) is 0 Å². The van der Waals surface area contributed by atoms with Gasteiger partial charge in [0.05, 0.1) is 13.2 Å². The van der Waals surface area contributed by atoms with E-state index in [4.69, 9.17) is 4.74 Å². The van der Waals surface area contributed by atoms with E-state index in [0.717, 1.165) is 19.8 Å². The lowest BCUT2D eigenvalue weighted by Crippen LogP contribution is -2.23. The van der Waals surface area contributed by atoms with Crippen LogP contribution >= 0.6 is 0 Å². The van der Waals surface area contributed by atoms with Crippen molar-refractivity contribution in [2.75, 3.05) is 46.2 Å². The summed E-state index contributed by atoms with van der Waals surface area (Å²) < 4.78 is 31.3. The number of hydrogen-bond acceptors (Lipinski definition) is 14. The molecule has 0 aliphatic carbocycles. The molecule has 0 aliphatic heterocycles. The number of hydrogen-bond donors (Lipinski definition) is 0. The van der Waals surface area contributed by atoms with Crippen molar-refractivity contribution in [1.82, 2.24) is 0 Å². The Morgan fingerprint density at radius 2 is 0.794 bits per heavy atom. The molecule has 0 saturated carbocycles. The Labute approximate surface area is 196 Å². The number of unbranched alkanes of at least 4 members (excludes halogenated alkanes) is 1. The first-order chi connectivity index (χ1) is 16.0. The molecule has 0 aromatic heterocycles. The third-order valence-electron chi connectivity index (χ3n) is 2.91. The largest absolute Gasteiger partial charge is 0.463 e. The van der Waals surface area contributed by atoms with E-state index in [1.165, 1.54) is 6.92 Å². The van der Waals surface area contributed by atoms with Gasteiger partial charge in [0.2, 0.25) is 0 Å². The van der Waals surface area contributed by atoms with Crippen LogP contribution in [0.3, 0.4) is 0 Å². The van der Waals surface area contributed by atoms with E-state index in [9.17, 15) is 33.6 Å². The summed E-state index contributed by atoms with van der Waals surface area (Å²) in [6.45, 7) is 3.62. The zero-order valence-electron chi connectivity index (χ0n) is 19.6. The molecule has 14 heteroatoms. The minimum absolute atomic E-state index is 0.174. The lowest BCUT2D eigenvalue weighted by Gasteiger charge is -2.05. The van der Waals surface area contributed by atoms with Crippen LogP contribution < -0.4 is 0 Å². The first kappa shape index (κ1) is 32.5. The van der Waals surface area contributed by atoms with Gasteiger partial charge in [-0.2, -0.15) is 0 Å². The monoisotopic (exact) mass is 494 g/mol. The molecule has 0 heterocycles. The summed E-state index contributed by atoms with van der Waals surface area (Å²) in [5.41, 5.74) is 0. The van der Waals surface area contributed by atoms with Crippen LogP contribution in [0.1, 0.15) is 40.5 Å². The molecule has 0 amide bonds. The van der Waals surface area contributed by atoms with E-state index in [2.05, 4.69) is 28.4 Å². The molecule has 0 aliphatic rings. The van der Waals surface area contributed by atoms with Gasteiger partial charge in [0, 0.05) is 13.8 Å². The maximum Gasteiger partial charge on any atom is 0.344 e. The van der Waals surface area contributed by atoms with Crippen LogP contribution in [-0.2, 0) is 66.7 Å². The molecule has 0 radical (unpaired) electrons. The molecule has 0 bridgehead atoms. The SMILES string of the molecule is CCCCOC(=O)COC(=O)COC(C)=O.CCOC(=O)COC(=O)COC(=O)COC(C)=O. The van der Waals surface area contributed by atoms with Crippen molar-refractivity contribution in [3.8, 4) is 0 Å². The van der Waals surface area contributed by atoms with E-state index < -0.39 is 74.8 Å². The molecule has 0 saturated heterocycles. The molecule has 0 unspecified atom stereocenters. The van der Waals surface area contributed by atoms with Crippen LogP contribution in [0.25, 0.3) is 0 Å². The second-order valence-electron chi connectivity index (χ2n) is 5.92. The molecule has 0 N–H and O–H groups in total. The van der Waals surface area contributed by atoms with Gasteiger partial charge in [0.25, 0.3) is 0 Å². The molecule has 0 atom stereocenters. The van der Waals surface area contributed by atoms with E-state index in [-0.39, 0.29) is 6.61 Å². The summed E-state index contributed by atoms with van der Waals surface area (Å²) in [5.74, 6) is -5.10. The highest BCUT2D eigenvalue weighted by molar-refractivity contribution is 5.80. The minimum atomic E-state index is -0.903. The fourth-order valence-electron chi connectivity index (χ4n) is 1.44. The van der Waals surface area contributed by atoms with E-state index >= 15 is 0 Å². The van der Waals surface area contributed by atoms with Crippen molar-refractivity contribution in [2.45, 2.75) is 40.5 Å². The maximum absolute atomic E-state index is 11.0. The average molecular weight is 494 g/mol. The normalized spacial score (nSPS) is 9.29. The Hall–Kier alpha value is -3.71. The number of esters is 7. The van der Waals surface area contributed by atoms with Gasteiger partial charge >= 0.3 is 41.8 Å². The Balaban J connectivity index is 0. The third-order valence-corrected chi connectivity index (χ3v) is 2.91. The second kappa shape index (κ2) is 21.2. The summed E-state index contributed by atoms with van der Waals surface area (Å²) >= 11 is 0. The molecule has 0 spiro atoms. The van der Waals surface area contributed by atoms with Crippen molar-refractivity contribution in [1.29, 1.82) is 0 Å². The molecule has 14 nitrogen and oxygen atoms in total. The molecule has 0 aromatic rings. The Morgan fingerprint density at radius 1 is 0.471 bits per heavy atom. The van der Waals surface area contributed by atoms with E-state index in [1.807, 2.05) is 6.92 Å². The number of ether oxygens (including phenoxy) is 7. The average Bonchev–Trinajstić information content (AvgIpc) is 2.78. The molecular formula is C20H30O14. The Kier molecular flexibility index (Phi) is 20.2. The Morgan fingerprint density at radius 3 is 1.12 bits per heavy atom. The van der Waals surface area contributed by atoms with Gasteiger partial charge in [-0.15, -0.1) is 0 Å². The van der Waals surface area contributed by atoms with Crippen LogP contribution in [0.2, 0.25) is 0 Å². The third kappa shape index (κ3) is 24.6. The zero-order chi connectivity index (χ0) is 26.4. The predicted octanol–water partition coefficient (Wildman–Crippen LogP) is -0.365. The topological polar surface area (TPSA) is 184 Å². The van der Waals surface area contributed by atoms with Gasteiger partial charge in [0.15, 0.2) is 33.0 Å². The summed E-state index contributed by atoms with van der Waals surface area (Å²) in [5, 5.41) is 0. The molecule has 0 fully saturated rings. The van der Waals surface area contributed by atoms with Crippen LogP contribution in [-0.4, -0.2) is 88.0 Å². The quantitative estimate of drug-likeness (QED) is 0.173. The van der Waals surface area contributed by atoms with Crippen molar-refractivity contribution >= 4 is 41.8 Å². The van der Waals surface area contributed by atoms with Crippen LogP contribution in [0.5, 0.6) is 0 Å². The predicted molar refractivity (Wildman–Crippen MR) is 109 cm³/mol. The van der Waals surface area contributed by atoms with Crippen molar-refractivity contribution in [2.24, 2.45) is 0 Å². The summed E-state index contributed by atoms with van der Waals surface area (Å²) in [6.07, 6.45) is 1.69. The van der Waals surface area contributed by atoms with Crippen LogP contribution in [0, 0.1) is 0 Å². The maximum atomic E-state index is 11.0. The molecular weight excluding hydrogens is 464 g/mol. The van der Waals surface area contributed by atoms with Gasteiger partial charge in [0.1, 0.15) is 0 Å². The molecule has 194 valence electrons. The highest BCUT2D eigenvalue weighted by atomic mass is 16.6. The van der Waals surface area contributed by atoms with E-state index in [0.29, 0.717) is 6.61 Å². The fraction of sp³-hybridized carbons (Fsp3) is 0.650. The standard InChI is InChI=1S/C10H14O8.C10H16O6/c1-3-15-8(12)5-17-10(14)6-18-9(13)4-16-7(2)11;1-3-4-5-14-9(12)7-16-10(13)6-15-8(2)11/h3-6H2,1-2H3;3-7H2,1-2H3. The van der Waals surface area contributed by atoms with Crippen molar-refractivity contribution < 1.29 is 66.7 Å². The Bertz CT molecular complexity index is 685. The lowest BCUT2D eigenvalue weighted by atomic mass is 10.4. The van der Waals surface area contributed by atoms with E-state index in [1.54, 1.807) is 6.92 Å². The van der Waals surface area contributed by atoms with Gasteiger partial charge in [-0.25, -0.2) is 24.0 Å². The van der Waals surface area contributed by atoms with Gasteiger partial charge in [-0.1, -0.05) is 13.3 Å². The fourth-order valence-corrected chi connectivity index (χ4v) is 1.44. The zero-order valence-corrected chi connectivity index (χ0v) is 19.6. The summed E-state index contributed by atoms with van der Waals surface area (Å²) in [4.78, 5) is 75.2. The minimum Gasteiger partial charge on any atom is -0.463 e. The van der Waals surface area contributed by atoms with Crippen LogP contribution in [0.4, 0.5) is 0 Å². The van der Waals surface area contributed by atoms with Gasteiger partial charge in [-0.3, -0.25) is 9.59 Å². The van der Waals surface area contributed by atoms with Crippen molar-refractivity contribution in [3.63, 3.8) is 0 Å². The molecule has 34 heavy (non-hydrogen) atoms. The van der Waals surface area contributed by atoms with Gasteiger partial charge < -0.3 is 33.2 Å².